The Morgan fingerprint density at radius 1 is 1.18 bits per heavy atom. The number of nitrogens with zero attached hydrogens (tertiary/aromatic N) is 2. The topological polar surface area (TPSA) is 77.1 Å². The van der Waals surface area contributed by atoms with E-state index in [4.69, 9.17) is 4.52 Å². The van der Waals surface area contributed by atoms with Crippen LogP contribution in [0.15, 0.2) is 33.7 Å². The minimum atomic E-state index is -3.76. The van der Waals surface area contributed by atoms with E-state index in [0.29, 0.717) is 22.3 Å². The highest BCUT2D eigenvalue weighted by Crippen LogP contribution is 2.31. The monoisotopic (exact) mass is 319 g/mol. The van der Waals surface area contributed by atoms with Gasteiger partial charge >= 0.3 is 0 Å². The minimum Gasteiger partial charge on any atom is -0.347 e. The third-order valence-corrected chi connectivity index (χ3v) is 5.50. The third kappa shape index (κ3) is 2.09. The molecular weight excluding hydrogens is 302 g/mol. The largest absolute Gasteiger partial charge is 0.347 e. The summed E-state index contributed by atoms with van der Waals surface area (Å²) in [5.74, 6) is 0.157. The average molecular weight is 319 g/mol. The summed E-state index contributed by atoms with van der Waals surface area (Å²) in [6.07, 6.45) is 0. The summed E-state index contributed by atoms with van der Waals surface area (Å²) >= 11 is 0. The number of fused-ring (bicyclic) bond motifs is 1. The van der Waals surface area contributed by atoms with Crippen LogP contribution in [0, 0.1) is 20.8 Å². The van der Waals surface area contributed by atoms with Gasteiger partial charge in [0.15, 0.2) is 0 Å². The lowest BCUT2D eigenvalue weighted by molar-refractivity contribution is 0.430. The van der Waals surface area contributed by atoms with Gasteiger partial charge in [-0.15, -0.1) is 0 Å². The molecule has 3 aromatic rings. The summed E-state index contributed by atoms with van der Waals surface area (Å²) in [6, 6.07) is 7.40. The number of benzene rings is 1. The second kappa shape index (κ2) is 4.88. The normalized spacial score (nSPS) is 12.0. The maximum absolute atomic E-state index is 12.8. The van der Waals surface area contributed by atoms with Crippen molar-refractivity contribution in [2.45, 2.75) is 25.7 Å². The minimum absolute atomic E-state index is 0.157. The Morgan fingerprint density at radius 3 is 2.50 bits per heavy atom. The first-order chi connectivity index (χ1) is 10.3. The van der Waals surface area contributed by atoms with Crippen LogP contribution >= 0.6 is 0 Å². The van der Waals surface area contributed by atoms with Crippen LogP contribution < -0.4 is 4.72 Å². The van der Waals surface area contributed by atoms with Crippen LogP contribution in [0.4, 0.5) is 5.88 Å². The van der Waals surface area contributed by atoms with Gasteiger partial charge < -0.3 is 9.09 Å². The molecule has 116 valence electrons. The number of hydrogen-bond donors (Lipinski definition) is 1. The Labute approximate surface area is 128 Å². The Hall–Kier alpha value is -2.28. The van der Waals surface area contributed by atoms with Crippen molar-refractivity contribution in [3.63, 3.8) is 0 Å². The number of hydrogen-bond acceptors (Lipinski definition) is 4. The number of anilines is 1. The quantitative estimate of drug-likeness (QED) is 0.805. The van der Waals surface area contributed by atoms with Gasteiger partial charge in [0.1, 0.15) is 4.90 Å². The Kier molecular flexibility index (Phi) is 3.25. The van der Waals surface area contributed by atoms with Gasteiger partial charge in [0, 0.05) is 29.2 Å². The van der Waals surface area contributed by atoms with Crippen LogP contribution in [-0.2, 0) is 17.1 Å². The fourth-order valence-corrected chi connectivity index (χ4v) is 4.03. The molecule has 2 heterocycles. The van der Waals surface area contributed by atoms with Gasteiger partial charge in [0.2, 0.25) is 5.88 Å². The van der Waals surface area contributed by atoms with Crippen molar-refractivity contribution < 1.29 is 12.9 Å². The van der Waals surface area contributed by atoms with Crippen molar-refractivity contribution in [3.8, 4) is 0 Å². The third-order valence-electron chi connectivity index (χ3n) is 3.99. The van der Waals surface area contributed by atoms with Gasteiger partial charge in [0.25, 0.3) is 10.0 Å². The zero-order valence-corrected chi connectivity index (χ0v) is 13.7. The zero-order chi connectivity index (χ0) is 16.1. The molecule has 1 N–H and O–H groups in total. The maximum Gasteiger partial charge on any atom is 0.266 e. The van der Waals surface area contributed by atoms with Crippen LogP contribution in [-0.4, -0.2) is 18.1 Å². The molecule has 0 aliphatic rings. The average Bonchev–Trinajstić information content (AvgIpc) is 2.91. The lowest BCUT2D eigenvalue weighted by Gasteiger charge is -2.06. The highest BCUT2D eigenvalue weighted by atomic mass is 32.2. The molecule has 0 aliphatic carbocycles. The molecule has 1 aromatic carbocycles. The van der Waals surface area contributed by atoms with E-state index in [-0.39, 0.29) is 10.8 Å². The van der Waals surface area contributed by atoms with Crippen molar-refractivity contribution in [2.24, 2.45) is 7.05 Å². The molecule has 0 unspecified atom stereocenters. The summed E-state index contributed by atoms with van der Waals surface area (Å²) in [5.41, 5.74) is 2.88. The molecule has 0 saturated heterocycles. The standard InChI is InChI=1S/C15H17N3O3S/c1-9-10(2)16-21-15(9)17-22(19,20)14-11(3)18(4)13-8-6-5-7-12(13)14/h5-8,17H,1-4H3. The molecule has 0 radical (unpaired) electrons. The number of para-hydroxylation sites is 1. The van der Waals surface area contributed by atoms with Gasteiger partial charge in [0.05, 0.1) is 5.69 Å². The van der Waals surface area contributed by atoms with Crippen LogP contribution in [0.25, 0.3) is 10.9 Å². The highest BCUT2D eigenvalue weighted by molar-refractivity contribution is 7.93. The molecule has 7 heteroatoms. The van der Waals surface area contributed by atoms with Crippen molar-refractivity contribution >= 4 is 26.8 Å². The van der Waals surface area contributed by atoms with Gasteiger partial charge in [-0.3, -0.25) is 0 Å². The van der Waals surface area contributed by atoms with Crippen molar-refractivity contribution in [2.75, 3.05) is 4.72 Å². The van der Waals surface area contributed by atoms with Gasteiger partial charge in [-0.2, -0.15) is 0 Å². The summed E-state index contributed by atoms with van der Waals surface area (Å²) in [7, 11) is -1.92. The highest BCUT2D eigenvalue weighted by Gasteiger charge is 2.26. The van der Waals surface area contributed by atoms with Gasteiger partial charge in [-0.05, 0) is 26.8 Å². The summed E-state index contributed by atoms with van der Waals surface area (Å²) in [6.45, 7) is 5.31. The molecule has 0 atom stereocenters. The van der Waals surface area contributed by atoms with E-state index in [0.717, 1.165) is 5.52 Å². The first-order valence-electron chi connectivity index (χ1n) is 6.82. The van der Waals surface area contributed by atoms with Crippen LogP contribution in [0.5, 0.6) is 0 Å². The van der Waals surface area contributed by atoms with Gasteiger partial charge in [-0.1, -0.05) is 23.4 Å². The number of aromatic nitrogens is 2. The fourth-order valence-electron chi connectivity index (χ4n) is 2.51. The predicted octanol–water partition coefficient (Wildman–Crippen LogP) is 2.89. The fraction of sp³-hybridized carbons (Fsp3) is 0.267. The first kappa shape index (κ1) is 14.6. The summed E-state index contributed by atoms with van der Waals surface area (Å²) in [5, 5.41) is 4.46. The molecule has 3 rings (SSSR count). The van der Waals surface area contributed by atoms with Crippen LogP contribution in [0.2, 0.25) is 0 Å². The molecule has 0 amide bonds. The van der Waals surface area contributed by atoms with Crippen molar-refractivity contribution in [1.29, 1.82) is 0 Å². The maximum atomic E-state index is 12.8. The number of sulfonamides is 1. The summed E-state index contributed by atoms with van der Waals surface area (Å²) in [4.78, 5) is 0.263. The zero-order valence-electron chi connectivity index (χ0n) is 12.8. The molecule has 2 aromatic heterocycles. The van der Waals surface area contributed by atoms with E-state index in [2.05, 4.69) is 9.88 Å². The van der Waals surface area contributed by atoms with Crippen molar-refractivity contribution in [3.05, 3.63) is 41.2 Å². The Balaban J connectivity index is 2.18. The smallest absolute Gasteiger partial charge is 0.266 e. The summed E-state index contributed by atoms with van der Waals surface area (Å²) < 4.78 is 35.0. The Morgan fingerprint density at radius 2 is 1.86 bits per heavy atom. The second-order valence-corrected chi connectivity index (χ2v) is 6.94. The molecule has 0 saturated carbocycles. The number of aryl methyl sites for hydroxylation is 2. The number of rotatable bonds is 3. The Bertz CT molecular complexity index is 967. The lowest BCUT2D eigenvalue weighted by Crippen LogP contribution is -2.14. The van der Waals surface area contributed by atoms with E-state index < -0.39 is 10.0 Å². The van der Waals surface area contributed by atoms with E-state index in [1.807, 2.05) is 29.8 Å². The molecule has 0 aliphatic heterocycles. The van der Waals surface area contributed by atoms with E-state index in [1.165, 1.54) is 0 Å². The molecule has 22 heavy (non-hydrogen) atoms. The number of nitrogens with one attached hydrogen (secondary N) is 1. The molecular formula is C15H17N3O3S. The molecule has 0 bridgehead atoms. The predicted molar refractivity (Wildman–Crippen MR) is 84.4 cm³/mol. The van der Waals surface area contributed by atoms with E-state index in [1.54, 1.807) is 26.8 Å². The molecule has 0 spiro atoms. The van der Waals surface area contributed by atoms with Crippen LogP contribution in [0.1, 0.15) is 17.0 Å². The van der Waals surface area contributed by atoms with Crippen molar-refractivity contribution in [1.82, 2.24) is 9.72 Å². The SMILES string of the molecule is Cc1noc(NS(=O)(=O)c2c(C)n(C)c3ccccc23)c1C. The molecule has 6 nitrogen and oxygen atoms in total. The first-order valence-corrected chi connectivity index (χ1v) is 8.31. The van der Waals surface area contributed by atoms with E-state index in [9.17, 15) is 8.42 Å². The lowest BCUT2D eigenvalue weighted by atomic mass is 10.2. The second-order valence-electron chi connectivity index (χ2n) is 5.32. The van der Waals surface area contributed by atoms with Crippen LogP contribution in [0.3, 0.4) is 0 Å². The van der Waals surface area contributed by atoms with E-state index >= 15 is 0 Å². The van der Waals surface area contributed by atoms with Gasteiger partial charge in [-0.25, -0.2) is 13.1 Å². The molecule has 0 fully saturated rings.